The van der Waals surface area contributed by atoms with E-state index in [0.717, 1.165) is 0 Å². The van der Waals surface area contributed by atoms with Gasteiger partial charge >= 0.3 is 23.1 Å². The topological polar surface area (TPSA) is 0 Å². The predicted molar refractivity (Wildman–Crippen MR) is 40.0 cm³/mol. The fourth-order valence-electron chi connectivity index (χ4n) is 0.835. The van der Waals surface area contributed by atoms with Crippen molar-refractivity contribution >= 4 is 35.2 Å². The van der Waals surface area contributed by atoms with Gasteiger partial charge in [-0.2, -0.15) is 24.3 Å². The first-order valence-corrected chi connectivity index (χ1v) is 2.65. The van der Waals surface area contributed by atoms with E-state index >= 15 is 0 Å². The Balaban J connectivity index is 0.000000405. The molecule has 2 rings (SSSR count). The average molecular weight is 205 g/mol. The molecule has 0 atom stereocenters. The average Bonchev–Trinajstić information content (AvgIpc) is 1.72. The summed E-state index contributed by atoms with van der Waals surface area (Å²) in [6.07, 6.45) is 4.19. The van der Waals surface area contributed by atoms with Crippen LogP contribution in [0.25, 0.3) is 12.2 Å². The molecule has 0 unspecified atom stereocenters. The van der Waals surface area contributed by atoms with Crippen molar-refractivity contribution in [2.75, 3.05) is 0 Å². The molecule has 0 spiro atoms. The zero-order chi connectivity index (χ0) is 5.40. The molecule has 0 bridgehead atoms. The zero-order valence-corrected chi connectivity index (χ0v) is 8.47. The summed E-state index contributed by atoms with van der Waals surface area (Å²) in [5, 5.41) is 0. The van der Waals surface area contributed by atoms with Crippen LogP contribution in [0.3, 0.4) is 0 Å². The van der Waals surface area contributed by atoms with E-state index in [-0.39, 0.29) is 40.0 Å². The van der Waals surface area contributed by atoms with E-state index in [9.17, 15) is 0 Å². The third-order valence-corrected chi connectivity index (χ3v) is 1.37. The van der Waals surface area contributed by atoms with Crippen LogP contribution in [-0.2, 0) is 0 Å². The molecule has 2 heteroatoms. The van der Waals surface area contributed by atoms with Crippen molar-refractivity contribution in [2.24, 2.45) is 0 Å². The van der Waals surface area contributed by atoms with Crippen molar-refractivity contribution in [1.29, 1.82) is 0 Å². The fourth-order valence-corrected chi connectivity index (χ4v) is 0.835. The van der Waals surface area contributed by atoms with Gasteiger partial charge < -0.3 is 17.0 Å². The molecule has 0 radical (unpaired) electrons. The first kappa shape index (κ1) is 10.2. The monoisotopic (exact) mass is 204 g/mol. The van der Waals surface area contributed by atoms with E-state index in [2.05, 4.69) is 24.3 Å². The molecule has 0 aliphatic heterocycles. The van der Waals surface area contributed by atoms with Crippen molar-refractivity contribution < 1.29 is 17.0 Å². The number of rotatable bonds is 0. The van der Waals surface area contributed by atoms with Crippen molar-refractivity contribution in [3.05, 3.63) is 35.4 Å². The number of hydrogen-bond donors (Lipinski definition) is 0. The van der Waals surface area contributed by atoms with Gasteiger partial charge in [0.25, 0.3) is 0 Å². The van der Waals surface area contributed by atoms with Crippen LogP contribution >= 0.6 is 0 Å². The summed E-state index contributed by atoms with van der Waals surface area (Å²) >= 11 is 0. The van der Waals surface area contributed by atoms with Gasteiger partial charge in [0, 0.05) is 0 Å². The molecular weight excluding hydrogens is 200 g/mol. The third kappa shape index (κ3) is 1.62. The summed E-state index contributed by atoms with van der Waals surface area (Å²) in [7, 11) is 0. The molecule has 0 nitrogen and oxygen atoms in total. The van der Waals surface area contributed by atoms with Gasteiger partial charge in [0.2, 0.25) is 0 Å². The summed E-state index contributed by atoms with van der Waals surface area (Å²) in [6, 6.07) is 8.99. The molecule has 46 valence electrons. The molecular formula is C8H5BrMg. The maximum Gasteiger partial charge on any atom is 2.00 e. The van der Waals surface area contributed by atoms with Gasteiger partial charge in [0.15, 0.2) is 0 Å². The Morgan fingerprint density at radius 2 is 1.80 bits per heavy atom. The van der Waals surface area contributed by atoms with Crippen LogP contribution in [0, 0.1) is 6.07 Å². The van der Waals surface area contributed by atoms with E-state index in [1.54, 1.807) is 0 Å². The second kappa shape index (κ2) is 4.16. The minimum Gasteiger partial charge on any atom is -1.00 e. The number of halogens is 1. The molecule has 0 fully saturated rings. The molecule has 1 aliphatic rings. The van der Waals surface area contributed by atoms with Crippen molar-refractivity contribution in [2.45, 2.75) is 0 Å². The second-order valence-corrected chi connectivity index (χ2v) is 1.89. The first-order chi connectivity index (χ1) is 3.97. The summed E-state index contributed by atoms with van der Waals surface area (Å²) < 4.78 is 0. The summed E-state index contributed by atoms with van der Waals surface area (Å²) in [6.45, 7) is 0. The number of hydrogen-bond acceptors (Lipinski definition) is 0. The Morgan fingerprint density at radius 1 is 1.10 bits per heavy atom. The van der Waals surface area contributed by atoms with Crippen molar-refractivity contribution in [3.63, 3.8) is 0 Å². The van der Waals surface area contributed by atoms with Crippen LogP contribution in [0.5, 0.6) is 0 Å². The van der Waals surface area contributed by atoms with Gasteiger partial charge in [0.1, 0.15) is 0 Å². The maximum atomic E-state index is 3.00. The molecule has 0 aromatic heterocycles. The summed E-state index contributed by atoms with van der Waals surface area (Å²) in [5.74, 6) is 0. The Bertz CT molecular complexity index is 218. The number of fused-ring (bicyclic) bond motifs is 1. The molecule has 1 aliphatic carbocycles. The quantitative estimate of drug-likeness (QED) is 0.366. The Labute approximate surface area is 87.2 Å². The molecule has 0 saturated carbocycles. The maximum absolute atomic E-state index is 3.00. The van der Waals surface area contributed by atoms with Gasteiger partial charge in [-0.3, -0.25) is 0 Å². The minimum absolute atomic E-state index is 0. The molecule has 0 saturated heterocycles. The van der Waals surface area contributed by atoms with Crippen LogP contribution in [0.1, 0.15) is 11.1 Å². The van der Waals surface area contributed by atoms with E-state index in [1.807, 2.05) is 12.1 Å². The van der Waals surface area contributed by atoms with E-state index in [1.165, 1.54) is 11.1 Å². The van der Waals surface area contributed by atoms with E-state index < -0.39 is 0 Å². The summed E-state index contributed by atoms with van der Waals surface area (Å²) in [5.41, 5.74) is 2.65. The fraction of sp³-hybridized carbons (Fsp3) is 0. The van der Waals surface area contributed by atoms with Gasteiger partial charge in [-0.1, -0.05) is 6.08 Å². The van der Waals surface area contributed by atoms with Crippen LogP contribution < -0.4 is 17.0 Å². The predicted octanol–water partition coefficient (Wildman–Crippen LogP) is -1.41. The van der Waals surface area contributed by atoms with Crippen LogP contribution in [0.2, 0.25) is 0 Å². The third-order valence-electron chi connectivity index (χ3n) is 1.37. The normalized spacial score (nSPS) is 10.0. The molecule has 0 heterocycles. The molecule has 0 N–H and O–H groups in total. The SMILES string of the molecule is [Br-].[Mg+2].[c-]1ccc2c(c1)C=C2. The Kier molecular flexibility index (Phi) is 4.25. The van der Waals surface area contributed by atoms with Crippen molar-refractivity contribution in [3.8, 4) is 0 Å². The first-order valence-electron chi connectivity index (χ1n) is 2.65. The van der Waals surface area contributed by atoms with E-state index in [0.29, 0.717) is 0 Å². The van der Waals surface area contributed by atoms with Gasteiger partial charge in [0.05, 0.1) is 0 Å². The largest absolute Gasteiger partial charge is 2.00 e. The summed E-state index contributed by atoms with van der Waals surface area (Å²) in [4.78, 5) is 0. The molecule has 0 amide bonds. The number of benzene rings is 1. The smallest absolute Gasteiger partial charge is 1.00 e. The van der Waals surface area contributed by atoms with Gasteiger partial charge in [-0.05, 0) is 0 Å². The standard InChI is InChI=1S/C8H5.BrH.Mg/c1-2-4-8-6-5-7(8)3-1;;/h1,3-6H;1H;/q-1;;+2/p-1. The van der Waals surface area contributed by atoms with Gasteiger partial charge in [-0.25, -0.2) is 0 Å². The van der Waals surface area contributed by atoms with Crippen LogP contribution in [-0.4, -0.2) is 23.1 Å². The molecule has 1 aromatic carbocycles. The molecule has 10 heavy (non-hydrogen) atoms. The second-order valence-electron chi connectivity index (χ2n) is 1.89. The zero-order valence-electron chi connectivity index (χ0n) is 5.47. The van der Waals surface area contributed by atoms with Gasteiger partial charge in [-0.15, -0.1) is 17.2 Å². The Morgan fingerprint density at radius 3 is 2.10 bits per heavy atom. The Hall–Kier alpha value is 0.206. The molecule has 1 aromatic rings. The van der Waals surface area contributed by atoms with E-state index in [4.69, 9.17) is 0 Å². The van der Waals surface area contributed by atoms with Crippen LogP contribution in [0.15, 0.2) is 18.2 Å². The minimum atomic E-state index is 0. The van der Waals surface area contributed by atoms with Crippen LogP contribution in [0.4, 0.5) is 0 Å². The van der Waals surface area contributed by atoms with Crippen molar-refractivity contribution in [1.82, 2.24) is 0 Å².